The Balaban J connectivity index is 1.59. The molecule has 3 aromatic rings. The van der Waals surface area contributed by atoms with E-state index in [1.165, 1.54) is 6.20 Å². The van der Waals surface area contributed by atoms with Gasteiger partial charge in [0.1, 0.15) is 0 Å². The molecule has 0 radical (unpaired) electrons. The van der Waals surface area contributed by atoms with Crippen LogP contribution < -0.4 is 15.9 Å². The van der Waals surface area contributed by atoms with Crippen molar-refractivity contribution in [3.63, 3.8) is 0 Å². The summed E-state index contributed by atoms with van der Waals surface area (Å²) in [6, 6.07) is 14.2. The second kappa shape index (κ2) is 11.5. The zero-order valence-corrected chi connectivity index (χ0v) is 23.0. The van der Waals surface area contributed by atoms with E-state index in [1.807, 2.05) is 25.1 Å². The minimum atomic E-state index is -0.860. The van der Waals surface area contributed by atoms with E-state index in [-0.39, 0.29) is 24.6 Å². The van der Waals surface area contributed by atoms with Crippen LogP contribution in [-0.4, -0.2) is 28.8 Å². The summed E-state index contributed by atoms with van der Waals surface area (Å²) < 4.78 is 0.673. The molecule has 204 valence electrons. The van der Waals surface area contributed by atoms with Crippen LogP contribution in [0.25, 0.3) is 0 Å². The number of benzene rings is 2. The number of nitrogens with two attached hydrogens (primary N) is 1. The lowest BCUT2D eigenvalue weighted by molar-refractivity contribution is -0.616. The molecule has 8 nitrogen and oxygen atoms in total. The summed E-state index contributed by atoms with van der Waals surface area (Å²) in [7, 11) is 0. The van der Waals surface area contributed by atoms with Crippen LogP contribution in [-0.2, 0) is 16.2 Å². The van der Waals surface area contributed by atoms with E-state index >= 15 is 0 Å². The van der Waals surface area contributed by atoms with Gasteiger partial charge in [0.15, 0.2) is 12.8 Å². The van der Waals surface area contributed by atoms with Crippen LogP contribution in [0.3, 0.4) is 0 Å². The van der Waals surface area contributed by atoms with Gasteiger partial charge in [-0.1, -0.05) is 59.8 Å². The fraction of sp³-hybridized carbons (Fsp3) is 0.345. The third-order valence-electron chi connectivity index (χ3n) is 7.62. The van der Waals surface area contributed by atoms with Gasteiger partial charge < -0.3 is 15.8 Å². The van der Waals surface area contributed by atoms with Crippen LogP contribution in [0.15, 0.2) is 60.8 Å². The van der Waals surface area contributed by atoms with Crippen molar-refractivity contribution < 1.29 is 19.2 Å². The summed E-state index contributed by atoms with van der Waals surface area (Å²) in [4.78, 5) is 35.4. The number of halogens is 2. The number of aromatic nitrogens is 1. The highest BCUT2D eigenvalue weighted by Gasteiger charge is 2.48. The first kappa shape index (κ1) is 27.4. The first-order valence-corrected chi connectivity index (χ1v) is 13.7. The Bertz CT molecular complexity index is 1400. The standard InChI is InChI=1S/C29H30Cl2N4O4/c1-17-9-11-20-22(14-17)29(37)35(25-8-3-2-7-24(25)32)27(21-12-10-18(30)15-23(21)31)26(20)28(36)33-39-16-19-6-4-5-13-34(19)38/h4-6,9-15,24-27H,2-3,7-8,16,32H2,1H3,(H,33,36)/t24-,25-,26+,27-/m0/s1. The maximum Gasteiger partial charge on any atom is 0.255 e. The van der Waals surface area contributed by atoms with Crippen LogP contribution in [0.2, 0.25) is 10.0 Å². The average Bonchev–Trinajstić information content (AvgIpc) is 2.91. The molecule has 39 heavy (non-hydrogen) atoms. The van der Waals surface area contributed by atoms with Crippen molar-refractivity contribution >= 4 is 35.0 Å². The van der Waals surface area contributed by atoms with Gasteiger partial charge in [-0.15, -0.1) is 0 Å². The van der Waals surface area contributed by atoms with Gasteiger partial charge in [-0.25, -0.2) is 5.48 Å². The highest BCUT2D eigenvalue weighted by molar-refractivity contribution is 6.35. The monoisotopic (exact) mass is 568 g/mol. The van der Waals surface area contributed by atoms with Crippen LogP contribution in [0.4, 0.5) is 0 Å². The molecule has 0 spiro atoms. The first-order chi connectivity index (χ1) is 18.8. The van der Waals surface area contributed by atoms with Gasteiger partial charge in [0.05, 0.1) is 12.0 Å². The zero-order chi connectivity index (χ0) is 27.7. The number of carbonyl (C=O) groups excluding carboxylic acids is 2. The molecule has 2 aliphatic rings. The van der Waals surface area contributed by atoms with Crippen LogP contribution in [0.1, 0.15) is 70.4 Å². The Labute approximate surface area is 237 Å². The Morgan fingerprint density at radius 1 is 1.13 bits per heavy atom. The molecule has 0 bridgehead atoms. The molecule has 0 unspecified atom stereocenters. The van der Waals surface area contributed by atoms with E-state index in [2.05, 4.69) is 5.48 Å². The van der Waals surface area contributed by atoms with Gasteiger partial charge in [0.2, 0.25) is 5.69 Å². The van der Waals surface area contributed by atoms with Crippen molar-refractivity contribution in [1.29, 1.82) is 0 Å². The molecule has 2 amide bonds. The fourth-order valence-corrected chi connectivity index (χ4v) is 6.26. The lowest BCUT2D eigenvalue weighted by Crippen LogP contribution is -2.57. The minimum absolute atomic E-state index is 0.133. The largest absolute Gasteiger partial charge is 0.618 e. The third kappa shape index (κ3) is 5.47. The molecule has 1 aliphatic carbocycles. The lowest BCUT2D eigenvalue weighted by Gasteiger charge is -2.48. The normalized spacial score (nSPS) is 22.9. The Hall–Kier alpha value is -3.17. The van der Waals surface area contributed by atoms with Crippen molar-refractivity contribution in [1.82, 2.24) is 10.4 Å². The molecule has 5 rings (SSSR count). The van der Waals surface area contributed by atoms with E-state index in [9.17, 15) is 14.8 Å². The Morgan fingerprint density at radius 2 is 1.90 bits per heavy atom. The van der Waals surface area contributed by atoms with Crippen molar-refractivity contribution in [2.45, 2.75) is 63.3 Å². The Morgan fingerprint density at radius 3 is 2.64 bits per heavy atom. The number of rotatable bonds is 6. The molecule has 1 aliphatic heterocycles. The van der Waals surface area contributed by atoms with E-state index in [0.29, 0.717) is 37.2 Å². The van der Waals surface area contributed by atoms with Crippen molar-refractivity contribution in [2.24, 2.45) is 5.73 Å². The number of carbonyl (C=O) groups is 2. The van der Waals surface area contributed by atoms with Crippen LogP contribution in [0, 0.1) is 12.1 Å². The van der Waals surface area contributed by atoms with E-state index in [0.717, 1.165) is 31.2 Å². The van der Waals surface area contributed by atoms with Crippen LogP contribution >= 0.6 is 23.2 Å². The quantitative estimate of drug-likeness (QED) is 0.253. The van der Waals surface area contributed by atoms with Crippen molar-refractivity contribution in [3.8, 4) is 0 Å². The topological polar surface area (TPSA) is 112 Å². The summed E-state index contributed by atoms with van der Waals surface area (Å²) in [6.45, 7) is 1.77. The van der Waals surface area contributed by atoms with E-state index in [1.54, 1.807) is 41.3 Å². The number of pyridine rings is 1. The maximum absolute atomic E-state index is 14.2. The molecule has 1 saturated carbocycles. The van der Waals surface area contributed by atoms with Gasteiger partial charge >= 0.3 is 0 Å². The van der Waals surface area contributed by atoms with Gasteiger partial charge in [0.25, 0.3) is 11.8 Å². The van der Waals surface area contributed by atoms with E-state index < -0.39 is 17.9 Å². The number of nitrogens with zero attached hydrogens (tertiary/aromatic N) is 2. The summed E-state index contributed by atoms with van der Waals surface area (Å²) in [6.07, 6.45) is 4.77. The summed E-state index contributed by atoms with van der Waals surface area (Å²) in [5.41, 5.74) is 12.0. The number of aryl methyl sites for hydroxylation is 1. The highest BCUT2D eigenvalue weighted by atomic mass is 35.5. The summed E-state index contributed by atoms with van der Waals surface area (Å²) in [5, 5.41) is 12.8. The van der Waals surface area contributed by atoms with Crippen molar-refractivity contribution in [2.75, 3.05) is 0 Å². The zero-order valence-electron chi connectivity index (χ0n) is 21.5. The van der Waals surface area contributed by atoms with Gasteiger partial charge in [0, 0.05) is 39.8 Å². The molecular formula is C29H30Cl2N4O4. The molecule has 2 aromatic carbocycles. The molecule has 1 fully saturated rings. The van der Waals surface area contributed by atoms with Crippen molar-refractivity contribution in [3.05, 3.63) is 104 Å². The smallest absolute Gasteiger partial charge is 0.255 e. The SMILES string of the molecule is Cc1ccc2c(c1)C(=O)N([C@H]1CCCC[C@@H]1N)[C@@H](c1ccc(Cl)cc1Cl)[C@@H]2C(=O)NOCc1cccc[n+]1[O-]. The number of hydrogen-bond acceptors (Lipinski definition) is 5. The molecule has 0 saturated heterocycles. The average molecular weight is 569 g/mol. The summed E-state index contributed by atoms with van der Waals surface area (Å²) >= 11 is 12.9. The number of amides is 2. The minimum Gasteiger partial charge on any atom is -0.618 e. The van der Waals surface area contributed by atoms with Gasteiger partial charge in [-0.2, -0.15) is 4.73 Å². The molecular weight excluding hydrogens is 539 g/mol. The molecule has 1 aromatic heterocycles. The number of nitrogens with one attached hydrogen (secondary N) is 1. The second-order valence-corrected chi connectivity index (χ2v) is 11.0. The molecule has 2 heterocycles. The molecule has 10 heteroatoms. The van der Waals surface area contributed by atoms with E-state index in [4.69, 9.17) is 33.8 Å². The molecule has 3 N–H and O–H groups in total. The predicted octanol–water partition coefficient (Wildman–Crippen LogP) is 4.73. The van der Waals surface area contributed by atoms with Gasteiger partial charge in [-0.05, 0) is 55.2 Å². The fourth-order valence-electron chi connectivity index (χ4n) is 5.74. The Kier molecular flexibility index (Phi) is 8.09. The summed E-state index contributed by atoms with van der Waals surface area (Å²) in [5.74, 6) is -1.51. The first-order valence-electron chi connectivity index (χ1n) is 13.0. The lowest BCUT2D eigenvalue weighted by atomic mass is 9.76. The van der Waals surface area contributed by atoms with Gasteiger partial charge in [-0.3, -0.25) is 14.4 Å². The second-order valence-electron chi connectivity index (χ2n) is 10.2. The highest BCUT2D eigenvalue weighted by Crippen LogP contribution is 2.47. The third-order valence-corrected chi connectivity index (χ3v) is 8.19. The van der Waals surface area contributed by atoms with Crippen LogP contribution in [0.5, 0.6) is 0 Å². The number of hydroxylamine groups is 1. The molecule has 4 atom stereocenters. The number of fused-ring (bicyclic) bond motifs is 1. The number of hydrogen-bond donors (Lipinski definition) is 2. The predicted molar refractivity (Wildman–Crippen MR) is 148 cm³/mol. The maximum atomic E-state index is 14.2.